The van der Waals surface area contributed by atoms with Crippen molar-refractivity contribution in [3.63, 3.8) is 0 Å². The van der Waals surface area contributed by atoms with E-state index in [0.717, 1.165) is 20.0 Å². The summed E-state index contributed by atoms with van der Waals surface area (Å²) in [6, 6.07) is 5.10. The Bertz CT molecular complexity index is 737. The number of carbonyl (C=O) groups excluding carboxylic acids is 1. The van der Waals surface area contributed by atoms with Crippen molar-refractivity contribution in [1.82, 2.24) is 10.2 Å². The van der Waals surface area contributed by atoms with Gasteiger partial charge in [-0.25, -0.2) is 0 Å². The van der Waals surface area contributed by atoms with Gasteiger partial charge in [0, 0.05) is 11.4 Å². The van der Waals surface area contributed by atoms with Gasteiger partial charge in [0.1, 0.15) is 5.75 Å². The van der Waals surface area contributed by atoms with Crippen molar-refractivity contribution in [2.24, 2.45) is 0 Å². The van der Waals surface area contributed by atoms with Gasteiger partial charge >= 0.3 is 0 Å². The maximum atomic E-state index is 12.0. The molecule has 1 aromatic heterocycles. The molecule has 128 valence electrons. The van der Waals surface area contributed by atoms with Crippen LogP contribution in [-0.2, 0) is 4.79 Å². The predicted octanol–water partition coefficient (Wildman–Crippen LogP) is 4.60. The van der Waals surface area contributed by atoms with E-state index in [1.54, 1.807) is 37.1 Å². The largest absolute Gasteiger partial charge is 0.495 e. The van der Waals surface area contributed by atoms with E-state index in [1.807, 2.05) is 6.92 Å². The molecule has 1 amide bonds. The summed E-state index contributed by atoms with van der Waals surface area (Å²) in [5.74, 6) is 1.51. The van der Waals surface area contributed by atoms with E-state index < -0.39 is 0 Å². The fraction of sp³-hybridized carbons (Fsp3) is 0.267. The number of ether oxygens (including phenoxy) is 1. The number of benzene rings is 1. The number of amides is 1. The second kappa shape index (κ2) is 9.31. The van der Waals surface area contributed by atoms with Crippen LogP contribution in [0.3, 0.4) is 0 Å². The summed E-state index contributed by atoms with van der Waals surface area (Å²) in [5, 5.41) is 11.4. The van der Waals surface area contributed by atoms with Gasteiger partial charge in [0.2, 0.25) is 5.91 Å². The lowest BCUT2D eigenvalue weighted by Crippen LogP contribution is -2.13. The van der Waals surface area contributed by atoms with Crippen LogP contribution < -0.4 is 10.1 Å². The van der Waals surface area contributed by atoms with E-state index >= 15 is 0 Å². The highest BCUT2D eigenvalue weighted by atomic mass is 35.5. The Morgan fingerprint density at radius 3 is 2.58 bits per heavy atom. The van der Waals surface area contributed by atoms with Crippen LogP contribution in [0.25, 0.3) is 0 Å². The monoisotopic (exact) mass is 401 g/mol. The van der Waals surface area contributed by atoms with E-state index in [1.165, 1.54) is 23.1 Å². The van der Waals surface area contributed by atoms with E-state index in [2.05, 4.69) is 22.1 Å². The Morgan fingerprint density at radius 1 is 1.33 bits per heavy atom. The van der Waals surface area contributed by atoms with Crippen molar-refractivity contribution in [3.05, 3.63) is 35.4 Å². The zero-order chi connectivity index (χ0) is 17.5. The molecule has 0 aliphatic rings. The van der Waals surface area contributed by atoms with Crippen LogP contribution in [0.5, 0.6) is 5.75 Å². The molecule has 1 aromatic carbocycles. The molecule has 0 spiro atoms. The van der Waals surface area contributed by atoms with Gasteiger partial charge in [-0.15, -0.1) is 10.2 Å². The van der Waals surface area contributed by atoms with Gasteiger partial charge in [-0.1, -0.05) is 58.6 Å². The number of anilines is 1. The van der Waals surface area contributed by atoms with Crippen molar-refractivity contribution in [3.8, 4) is 5.75 Å². The summed E-state index contributed by atoms with van der Waals surface area (Å²) in [4.78, 5) is 12.0. The van der Waals surface area contributed by atoms with Gasteiger partial charge in [0.05, 0.1) is 17.9 Å². The molecule has 9 heteroatoms. The number of hydrogen-bond donors (Lipinski definition) is 1. The van der Waals surface area contributed by atoms with Crippen molar-refractivity contribution in [2.75, 3.05) is 23.9 Å². The molecule has 0 atom stereocenters. The number of methoxy groups -OCH3 is 1. The molecule has 2 rings (SSSR count). The Morgan fingerprint density at radius 2 is 2.00 bits per heavy atom. The lowest BCUT2D eigenvalue weighted by Gasteiger charge is -2.07. The summed E-state index contributed by atoms with van der Waals surface area (Å²) in [7, 11) is 1.54. The topological polar surface area (TPSA) is 64.1 Å². The van der Waals surface area contributed by atoms with Crippen LogP contribution in [0, 0.1) is 0 Å². The molecule has 0 saturated carbocycles. The number of thioether (sulfide) groups is 2. The molecule has 0 aliphatic carbocycles. The third kappa shape index (κ3) is 6.01. The van der Waals surface area contributed by atoms with Crippen molar-refractivity contribution in [1.29, 1.82) is 0 Å². The average molecular weight is 402 g/mol. The van der Waals surface area contributed by atoms with Crippen molar-refractivity contribution >= 4 is 58.1 Å². The lowest BCUT2D eigenvalue weighted by atomic mass is 10.3. The molecule has 2 aromatic rings. The average Bonchev–Trinajstić information content (AvgIpc) is 2.99. The summed E-state index contributed by atoms with van der Waals surface area (Å²) in [6.45, 7) is 5.83. The highest BCUT2D eigenvalue weighted by Gasteiger charge is 2.10. The van der Waals surface area contributed by atoms with Gasteiger partial charge < -0.3 is 10.1 Å². The van der Waals surface area contributed by atoms with Crippen LogP contribution in [-0.4, -0.2) is 34.7 Å². The van der Waals surface area contributed by atoms with Gasteiger partial charge in [-0.3, -0.25) is 4.79 Å². The number of rotatable bonds is 8. The molecule has 5 nitrogen and oxygen atoms in total. The number of carbonyl (C=O) groups is 1. The molecule has 0 fully saturated rings. The van der Waals surface area contributed by atoms with E-state index in [4.69, 9.17) is 16.3 Å². The fourth-order valence-corrected chi connectivity index (χ4v) is 4.49. The second-order valence-electron chi connectivity index (χ2n) is 4.77. The zero-order valence-electron chi connectivity index (χ0n) is 13.2. The maximum absolute atomic E-state index is 12.0. The quantitative estimate of drug-likeness (QED) is 0.515. The lowest BCUT2D eigenvalue weighted by molar-refractivity contribution is -0.113. The molecule has 0 bridgehead atoms. The first-order chi connectivity index (χ1) is 11.5. The van der Waals surface area contributed by atoms with Gasteiger partial charge in [-0.2, -0.15) is 0 Å². The molecule has 1 N–H and O–H groups in total. The van der Waals surface area contributed by atoms with E-state index in [-0.39, 0.29) is 11.7 Å². The fourth-order valence-electron chi connectivity index (χ4n) is 1.57. The van der Waals surface area contributed by atoms with Crippen LogP contribution >= 0.6 is 46.5 Å². The zero-order valence-corrected chi connectivity index (χ0v) is 16.4. The molecule has 0 saturated heterocycles. The van der Waals surface area contributed by atoms with Crippen LogP contribution in [0.1, 0.15) is 6.92 Å². The number of hydrogen-bond acceptors (Lipinski definition) is 7. The smallest absolute Gasteiger partial charge is 0.234 e. The van der Waals surface area contributed by atoms with E-state index in [9.17, 15) is 4.79 Å². The molecule has 24 heavy (non-hydrogen) atoms. The minimum atomic E-state index is -0.132. The van der Waals surface area contributed by atoms with Crippen LogP contribution in [0.2, 0.25) is 5.02 Å². The van der Waals surface area contributed by atoms with Crippen molar-refractivity contribution in [2.45, 2.75) is 15.6 Å². The SMILES string of the molecule is C=C(C)CSc1nnc(SCC(=O)Nc2ccc(OC)c(Cl)c2)s1. The number of halogens is 1. The van der Waals surface area contributed by atoms with Crippen molar-refractivity contribution < 1.29 is 9.53 Å². The molecule has 0 unspecified atom stereocenters. The first kappa shape index (κ1) is 19.1. The molecular weight excluding hydrogens is 386 g/mol. The third-order valence-electron chi connectivity index (χ3n) is 2.59. The number of nitrogens with one attached hydrogen (secondary N) is 1. The minimum Gasteiger partial charge on any atom is -0.495 e. The standard InChI is InChI=1S/C15H16ClN3O2S3/c1-9(2)7-22-14-18-19-15(24-14)23-8-13(20)17-10-4-5-12(21-3)11(16)6-10/h4-6H,1,7-8H2,2-3H3,(H,17,20). The summed E-state index contributed by atoms with van der Waals surface area (Å²) < 4.78 is 6.72. The highest BCUT2D eigenvalue weighted by Crippen LogP contribution is 2.30. The number of aromatic nitrogens is 2. The van der Waals surface area contributed by atoms with E-state index in [0.29, 0.717) is 16.5 Å². The summed E-state index contributed by atoms with van der Waals surface area (Å²) >= 11 is 10.5. The predicted molar refractivity (Wildman–Crippen MR) is 103 cm³/mol. The molecule has 0 aliphatic heterocycles. The minimum absolute atomic E-state index is 0.132. The third-order valence-corrected chi connectivity index (χ3v) is 6.31. The van der Waals surface area contributed by atoms with Crippen LogP contribution in [0.4, 0.5) is 5.69 Å². The highest BCUT2D eigenvalue weighted by molar-refractivity contribution is 8.03. The normalized spacial score (nSPS) is 10.5. The summed E-state index contributed by atoms with van der Waals surface area (Å²) in [6.07, 6.45) is 0. The Kier molecular flexibility index (Phi) is 7.41. The molecule has 1 heterocycles. The second-order valence-corrected chi connectivity index (χ2v) is 8.60. The first-order valence-electron chi connectivity index (χ1n) is 6.85. The Labute approximate surface area is 158 Å². The maximum Gasteiger partial charge on any atom is 0.234 e. The molecule has 0 radical (unpaired) electrons. The van der Waals surface area contributed by atoms with Gasteiger partial charge in [0.15, 0.2) is 8.68 Å². The van der Waals surface area contributed by atoms with Crippen LogP contribution in [0.15, 0.2) is 39.0 Å². The summed E-state index contributed by atoms with van der Waals surface area (Å²) in [5.41, 5.74) is 1.71. The number of nitrogens with zero attached hydrogens (tertiary/aromatic N) is 2. The Balaban J connectivity index is 1.82. The first-order valence-corrected chi connectivity index (χ1v) is 10.0. The van der Waals surface area contributed by atoms with Gasteiger partial charge in [0.25, 0.3) is 0 Å². The Hall–Kier alpha value is -1.22. The van der Waals surface area contributed by atoms with Gasteiger partial charge in [-0.05, 0) is 25.1 Å². The molecular formula is C15H16ClN3O2S3.